The summed E-state index contributed by atoms with van der Waals surface area (Å²) in [6.45, 7) is 10.1. The Morgan fingerprint density at radius 3 is 2.29 bits per heavy atom. The van der Waals surface area contributed by atoms with E-state index in [1.165, 1.54) is 0 Å². The molecular weight excluding hydrogens is 268 g/mol. The SMILES string of the molecule is CCOC(=O)CCCCCCCOCC(C)OC(C)CC. The van der Waals surface area contributed by atoms with Crippen LogP contribution in [0, 0.1) is 0 Å². The summed E-state index contributed by atoms with van der Waals surface area (Å²) in [5.41, 5.74) is 0. The van der Waals surface area contributed by atoms with Crippen molar-refractivity contribution in [1.29, 1.82) is 0 Å². The van der Waals surface area contributed by atoms with Crippen molar-refractivity contribution in [2.24, 2.45) is 0 Å². The molecule has 0 aromatic heterocycles. The van der Waals surface area contributed by atoms with E-state index >= 15 is 0 Å². The van der Waals surface area contributed by atoms with Gasteiger partial charge in [-0.2, -0.15) is 0 Å². The van der Waals surface area contributed by atoms with Gasteiger partial charge in [0, 0.05) is 13.0 Å². The molecule has 0 saturated carbocycles. The predicted molar refractivity (Wildman–Crippen MR) is 85.5 cm³/mol. The Labute approximate surface area is 130 Å². The van der Waals surface area contributed by atoms with E-state index in [2.05, 4.69) is 20.8 Å². The first-order chi connectivity index (χ1) is 10.1. The molecule has 0 radical (unpaired) electrons. The molecule has 0 aliphatic heterocycles. The van der Waals surface area contributed by atoms with Gasteiger partial charge in [-0.25, -0.2) is 0 Å². The molecule has 0 fully saturated rings. The number of ether oxygens (including phenoxy) is 3. The van der Waals surface area contributed by atoms with E-state index in [1.54, 1.807) is 0 Å². The van der Waals surface area contributed by atoms with Crippen molar-refractivity contribution in [2.75, 3.05) is 19.8 Å². The number of hydrogen-bond acceptors (Lipinski definition) is 4. The average molecular weight is 302 g/mol. The topological polar surface area (TPSA) is 44.8 Å². The first-order valence-electron chi connectivity index (χ1n) is 8.48. The van der Waals surface area contributed by atoms with Gasteiger partial charge in [0.05, 0.1) is 25.4 Å². The fourth-order valence-electron chi connectivity index (χ4n) is 2.02. The molecule has 0 aromatic rings. The van der Waals surface area contributed by atoms with E-state index < -0.39 is 0 Å². The summed E-state index contributed by atoms with van der Waals surface area (Å²) < 4.78 is 16.2. The maximum atomic E-state index is 11.1. The van der Waals surface area contributed by atoms with Gasteiger partial charge in [0.15, 0.2) is 0 Å². The van der Waals surface area contributed by atoms with Crippen LogP contribution in [0.2, 0.25) is 0 Å². The molecule has 2 unspecified atom stereocenters. The minimum Gasteiger partial charge on any atom is -0.466 e. The molecule has 0 spiro atoms. The molecular formula is C17H34O4. The Morgan fingerprint density at radius 1 is 0.952 bits per heavy atom. The van der Waals surface area contributed by atoms with Crippen LogP contribution in [0.3, 0.4) is 0 Å². The van der Waals surface area contributed by atoms with Gasteiger partial charge in [0.25, 0.3) is 0 Å². The highest BCUT2D eigenvalue weighted by Crippen LogP contribution is 2.07. The molecule has 21 heavy (non-hydrogen) atoms. The minimum absolute atomic E-state index is 0.0730. The number of rotatable bonds is 14. The quantitative estimate of drug-likeness (QED) is 0.358. The summed E-state index contributed by atoms with van der Waals surface area (Å²) in [5, 5.41) is 0. The fraction of sp³-hybridized carbons (Fsp3) is 0.941. The van der Waals surface area contributed by atoms with Crippen LogP contribution in [-0.4, -0.2) is 38.0 Å². The maximum Gasteiger partial charge on any atom is 0.305 e. The van der Waals surface area contributed by atoms with Crippen molar-refractivity contribution in [3.8, 4) is 0 Å². The normalized spacial score (nSPS) is 13.9. The lowest BCUT2D eigenvalue weighted by Crippen LogP contribution is -2.21. The average Bonchev–Trinajstić information content (AvgIpc) is 2.45. The largest absolute Gasteiger partial charge is 0.466 e. The highest BCUT2D eigenvalue weighted by Gasteiger charge is 2.06. The molecule has 2 atom stereocenters. The lowest BCUT2D eigenvalue weighted by molar-refractivity contribution is -0.143. The van der Waals surface area contributed by atoms with Crippen molar-refractivity contribution < 1.29 is 19.0 Å². The molecule has 126 valence electrons. The van der Waals surface area contributed by atoms with Gasteiger partial charge in [-0.1, -0.05) is 26.2 Å². The van der Waals surface area contributed by atoms with Gasteiger partial charge in [0.1, 0.15) is 0 Å². The second-order valence-corrected chi connectivity index (χ2v) is 5.56. The molecule has 0 rings (SSSR count). The third-order valence-corrected chi connectivity index (χ3v) is 3.37. The zero-order valence-electron chi connectivity index (χ0n) is 14.4. The Kier molecular flexibility index (Phi) is 13.9. The third kappa shape index (κ3) is 14.1. The summed E-state index contributed by atoms with van der Waals surface area (Å²) in [7, 11) is 0. The van der Waals surface area contributed by atoms with Gasteiger partial charge in [-0.05, 0) is 40.0 Å². The second-order valence-electron chi connectivity index (χ2n) is 5.56. The predicted octanol–water partition coefficient (Wildman–Crippen LogP) is 4.11. The lowest BCUT2D eigenvalue weighted by Gasteiger charge is -2.17. The molecule has 0 heterocycles. The number of unbranched alkanes of at least 4 members (excludes halogenated alkanes) is 4. The van der Waals surface area contributed by atoms with E-state index in [-0.39, 0.29) is 12.1 Å². The Bertz CT molecular complexity index is 243. The van der Waals surface area contributed by atoms with Gasteiger partial charge >= 0.3 is 5.97 Å². The lowest BCUT2D eigenvalue weighted by atomic mass is 10.1. The summed E-state index contributed by atoms with van der Waals surface area (Å²) in [5.74, 6) is -0.0730. The summed E-state index contributed by atoms with van der Waals surface area (Å²) in [6.07, 6.45) is 7.48. The third-order valence-electron chi connectivity index (χ3n) is 3.37. The van der Waals surface area contributed by atoms with Crippen LogP contribution in [0.5, 0.6) is 0 Å². The molecule has 0 saturated heterocycles. The number of hydrogen-bond donors (Lipinski definition) is 0. The van der Waals surface area contributed by atoms with Crippen LogP contribution < -0.4 is 0 Å². The maximum absolute atomic E-state index is 11.1. The summed E-state index contributed by atoms with van der Waals surface area (Å²) in [6, 6.07) is 0. The molecule has 4 heteroatoms. The number of carbonyl (C=O) groups excluding carboxylic acids is 1. The second kappa shape index (κ2) is 14.3. The van der Waals surface area contributed by atoms with Crippen molar-refractivity contribution >= 4 is 5.97 Å². The van der Waals surface area contributed by atoms with Gasteiger partial charge in [-0.15, -0.1) is 0 Å². The van der Waals surface area contributed by atoms with Crippen LogP contribution in [0.1, 0.15) is 72.6 Å². The van der Waals surface area contributed by atoms with Crippen molar-refractivity contribution in [1.82, 2.24) is 0 Å². The van der Waals surface area contributed by atoms with E-state index in [4.69, 9.17) is 14.2 Å². The molecule has 0 aliphatic carbocycles. The standard InChI is InChI=1S/C17H34O4/c1-5-15(3)21-16(4)14-19-13-11-9-7-8-10-12-17(18)20-6-2/h15-16H,5-14H2,1-4H3. The highest BCUT2D eigenvalue weighted by atomic mass is 16.5. The van der Waals surface area contributed by atoms with Crippen molar-refractivity contribution in [3.63, 3.8) is 0 Å². The molecule has 0 amide bonds. The van der Waals surface area contributed by atoms with Crippen LogP contribution in [0.25, 0.3) is 0 Å². The highest BCUT2D eigenvalue weighted by molar-refractivity contribution is 5.69. The fourth-order valence-corrected chi connectivity index (χ4v) is 2.02. The van der Waals surface area contributed by atoms with Crippen LogP contribution >= 0.6 is 0 Å². The first kappa shape index (κ1) is 20.4. The van der Waals surface area contributed by atoms with Crippen LogP contribution in [0.15, 0.2) is 0 Å². The zero-order valence-corrected chi connectivity index (χ0v) is 14.4. The number of carbonyl (C=O) groups is 1. The molecule has 0 aromatic carbocycles. The van der Waals surface area contributed by atoms with E-state index in [0.29, 0.717) is 25.7 Å². The van der Waals surface area contributed by atoms with Gasteiger partial charge in [0.2, 0.25) is 0 Å². The monoisotopic (exact) mass is 302 g/mol. The molecule has 0 bridgehead atoms. The zero-order chi connectivity index (χ0) is 15.9. The Balaban J connectivity index is 3.24. The molecule has 0 N–H and O–H groups in total. The Morgan fingerprint density at radius 2 is 1.62 bits per heavy atom. The van der Waals surface area contributed by atoms with Crippen LogP contribution in [-0.2, 0) is 19.0 Å². The van der Waals surface area contributed by atoms with E-state index in [1.807, 2.05) is 6.92 Å². The summed E-state index contributed by atoms with van der Waals surface area (Å²) in [4.78, 5) is 11.1. The van der Waals surface area contributed by atoms with Gasteiger partial charge in [-0.3, -0.25) is 4.79 Å². The summed E-state index contributed by atoms with van der Waals surface area (Å²) >= 11 is 0. The molecule has 0 aliphatic rings. The smallest absolute Gasteiger partial charge is 0.305 e. The van der Waals surface area contributed by atoms with Crippen molar-refractivity contribution in [2.45, 2.75) is 84.8 Å². The first-order valence-corrected chi connectivity index (χ1v) is 8.48. The Hall–Kier alpha value is -0.610. The van der Waals surface area contributed by atoms with Gasteiger partial charge < -0.3 is 14.2 Å². The minimum atomic E-state index is -0.0730. The van der Waals surface area contributed by atoms with E-state index in [0.717, 1.165) is 45.1 Å². The van der Waals surface area contributed by atoms with E-state index in [9.17, 15) is 4.79 Å². The van der Waals surface area contributed by atoms with Crippen molar-refractivity contribution in [3.05, 3.63) is 0 Å². The number of esters is 1. The van der Waals surface area contributed by atoms with Crippen LogP contribution in [0.4, 0.5) is 0 Å². The molecule has 4 nitrogen and oxygen atoms in total.